The average Bonchev–Trinajstić information content (AvgIpc) is 1.40. The van der Waals surface area contributed by atoms with Crippen molar-refractivity contribution in [3.63, 3.8) is 0 Å². The third kappa shape index (κ3) is 26.6. The van der Waals surface area contributed by atoms with Gasteiger partial charge in [-0.3, -0.25) is 19.2 Å². The molecule has 3 aromatic rings. The number of benzene rings is 3. The van der Waals surface area contributed by atoms with Crippen LogP contribution in [0.1, 0.15) is 185 Å². The van der Waals surface area contributed by atoms with Crippen molar-refractivity contribution in [2.75, 3.05) is 40.1 Å². The Morgan fingerprint density at radius 3 is 1.05 bits per heavy atom. The third-order valence-electron chi connectivity index (χ3n) is 29.4. The van der Waals surface area contributed by atoms with E-state index in [0.29, 0.717) is 106 Å². The molecule has 9 heterocycles. The quantitative estimate of drug-likeness (QED) is 0.0181. The fraction of sp³-hybridized carbons (Fsp3) is 0.576. The maximum absolute atomic E-state index is 13.7. The third-order valence-corrected chi connectivity index (χ3v) is 29.4. The standard InChI is InChI=1S/C29H37BF2N2O5.2C19H23BF2N2O5.C10H14FNO2.C8H14O.C4H5FO2.C3H3FO2.2Li.H2O/c1-17(31)25(35)34-21-9-11-29(34,12-10-21)16-37-26(36)33-24(13-18-5-7-20(32)8-6-18)30-38-23-15-19-14-22(27(19,2)3)28(23,4)39-30;2*1-12(21)17(25)24-15-6-8-19(24,9-7-15)11-29-18(26)23-16(20(27)28)10-13-2-4-14(22)5-3-13;1-7(11)9(14)12-8-2-4-10(12,6-13)5-3-8;9-6-8-3-1-7(5-8)2-4-8;1-3(5)4(6)7-2;1-2(4)3(5)6;;;/h5-8,19,21-24H,1,9-16H2,2-4H3,(H,33,36);2*2-5,15-16,27-28H,1,6-11H2,(H,23,26);8,13H,1-6H2;7,9H,1-6H2;1H2,2H3;1H2,(H,5,6);;;1H2/q;;;;;;;2*+1;/p-2/t19-,21?,22-,23+,24-,28-,29?;2*15?,16-,19?;;;;;;;/m000......./s1. The number of halogens is 9. The number of aliphatic hydroxyl groups is 2. The number of nitrogens with one attached hydrogen (secondary N) is 3. The molecule has 30 nitrogen and oxygen atoms in total. The number of ether oxygens (including phenoxy) is 4. The van der Waals surface area contributed by atoms with Crippen LogP contribution in [0.2, 0.25) is 0 Å². The number of amides is 7. The molecule has 3 aromatic carbocycles. The van der Waals surface area contributed by atoms with Crippen LogP contribution in [0.5, 0.6) is 0 Å². The van der Waals surface area contributed by atoms with Crippen molar-refractivity contribution in [3.05, 3.63) is 181 Å². The number of carboxylic acid groups (broad SMARTS) is 1. The van der Waals surface area contributed by atoms with Crippen molar-refractivity contribution >= 4 is 75.2 Å². The summed E-state index contributed by atoms with van der Waals surface area (Å²) in [5, 5.41) is 73.3. The van der Waals surface area contributed by atoms with Gasteiger partial charge in [0, 0.05) is 30.8 Å². The summed E-state index contributed by atoms with van der Waals surface area (Å²) in [6.45, 7) is 24.2. The Bertz CT molecular complexity index is 4610. The molecule has 9 aliphatic heterocycles. The fourth-order valence-electron chi connectivity index (χ4n) is 22.2. The molecule has 14 aliphatic rings. The molecule has 14 fully saturated rings. The molecule has 9 saturated heterocycles. The van der Waals surface area contributed by atoms with Crippen molar-refractivity contribution in [1.29, 1.82) is 0 Å². The Balaban J connectivity index is 0.000000234. The first-order chi connectivity index (χ1) is 62.6. The van der Waals surface area contributed by atoms with Gasteiger partial charge in [-0.2, -0.15) is 4.39 Å². The molecule has 5 aliphatic carbocycles. The zero-order valence-electron chi connectivity index (χ0n) is 77.5. The Kier molecular flexibility index (Phi) is 40.6. The van der Waals surface area contributed by atoms with Gasteiger partial charge in [-0.1, -0.05) is 89.7 Å². The van der Waals surface area contributed by atoms with Crippen LogP contribution >= 0.6 is 0 Å². The molecule has 7 amide bonds. The Morgan fingerprint density at radius 2 is 0.794 bits per heavy atom. The number of hydrogen-bond donors (Lipinski definition) is 9. The number of hydrogen-bond acceptors (Lipinski definition) is 23. The van der Waals surface area contributed by atoms with Gasteiger partial charge < -0.3 is 109 Å². The van der Waals surface area contributed by atoms with Crippen LogP contribution in [0, 0.1) is 46.0 Å². The number of nitrogens with zero attached hydrogens (tertiary/aromatic N) is 4. The predicted molar refractivity (Wildman–Crippen MR) is 467 cm³/mol. The minimum Gasteiger partial charge on any atom is -0.870 e. The summed E-state index contributed by atoms with van der Waals surface area (Å²) in [6.07, 6.45) is 18.0. The molecule has 7 atom stereocenters. The van der Waals surface area contributed by atoms with E-state index in [-0.39, 0.29) is 124 Å². The fourth-order valence-corrected chi connectivity index (χ4v) is 22.2. The molecule has 0 aromatic heterocycles. The summed E-state index contributed by atoms with van der Waals surface area (Å²) in [7, 11) is -3.32. The van der Waals surface area contributed by atoms with Gasteiger partial charge in [-0.05, 0) is 256 Å². The zero-order valence-corrected chi connectivity index (χ0v) is 77.5. The van der Waals surface area contributed by atoms with Gasteiger partial charge in [0.05, 0.1) is 71.4 Å². The first kappa shape index (κ1) is 114. The van der Waals surface area contributed by atoms with E-state index in [0.717, 1.165) is 70.0 Å². The smallest absolute Gasteiger partial charge is 0.870 e. The van der Waals surface area contributed by atoms with Gasteiger partial charge in [0.25, 0.3) is 23.6 Å². The van der Waals surface area contributed by atoms with Crippen LogP contribution in [-0.4, -0.2) is 247 Å². The number of alkyl carbamates (subject to hydrolysis) is 3. The number of aliphatic carboxylic acids is 1. The second kappa shape index (κ2) is 48.3. The molecule has 0 unspecified atom stereocenters. The molecular weight excluding hydrogens is 1790 g/mol. The average molecular weight is 1910 g/mol. The van der Waals surface area contributed by atoms with Gasteiger partial charge in [0.1, 0.15) is 43.1 Å². The number of esters is 1. The van der Waals surface area contributed by atoms with Gasteiger partial charge in [0.15, 0.2) is 23.3 Å². The van der Waals surface area contributed by atoms with Crippen molar-refractivity contribution in [3.8, 4) is 0 Å². The van der Waals surface area contributed by atoms with Crippen LogP contribution in [0.15, 0.2) is 147 Å². The molecule has 44 heteroatoms. The molecule has 734 valence electrons. The second-order valence-electron chi connectivity index (χ2n) is 37.8. The maximum Gasteiger partial charge on any atom is 1.00 e. The summed E-state index contributed by atoms with van der Waals surface area (Å²) in [5.41, 5.74) is -0.589. The number of rotatable bonds is 26. The van der Waals surface area contributed by atoms with Crippen LogP contribution in [-0.2, 0) is 76.3 Å². The van der Waals surface area contributed by atoms with Crippen LogP contribution in [0.25, 0.3) is 0 Å². The van der Waals surface area contributed by atoms with Gasteiger partial charge in [-0.25, -0.2) is 54.3 Å². The minimum absolute atomic E-state index is 0. The van der Waals surface area contributed by atoms with Crippen molar-refractivity contribution < 1.29 is 190 Å². The van der Waals surface area contributed by atoms with Gasteiger partial charge in [-0.15, -0.1) is 0 Å². The molecular formula is C92H119B3F9Li2N7O23. The number of fused-ring (bicyclic) bond motifs is 10. The summed E-state index contributed by atoms with van der Waals surface area (Å²) in [5.74, 6) is -14.3. The molecule has 0 radical (unpaired) electrons. The number of aliphatic hydroxyl groups excluding tert-OH is 2. The Labute approximate surface area is 809 Å². The minimum atomic E-state index is -1.86. The van der Waals surface area contributed by atoms with E-state index >= 15 is 0 Å². The van der Waals surface area contributed by atoms with E-state index in [1.165, 1.54) is 112 Å². The molecule has 12 bridgehead atoms. The summed E-state index contributed by atoms with van der Waals surface area (Å²) < 4.78 is 148. The maximum atomic E-state index is 13.7. The predicted octanol–water partition coefficient (Wildman–Crippen LogP) is 3.94. The molecule has 17 rings (SSSR count). The zero-order chi connectivity index (χ0) is 97.8. The van der Waals surface area contributed by atoms with Crippen LogP contribution in [0.4, 0.5) is 53.9 Å². The summed E-state index contributed by atoms with van der Waals surface area (Å²) in [6, 6.07) is 16.8. The molecule has 0 spiro atoms. The van der Waals surface area contributed by atoms with Gasteiger partial charge >= 0.3 is 83.3 Å². The first-order valence-electron chi connectivity index (χ1n) is 44.7. The van der Waals surface area contributed by atoms with Gasteiger partial charge in [0.2, 0.25) is 5.83 Å². The number of carbonyl (C=O) groups is 9. The van der Waals surface area contributed by atoms with E-state index in [1.807, 2.05) is 0 Å². The van der Waals surface area contributed by atoms with Crippen molar-refractivity contribution in [1.82, 2.24) is 35.6 Å². The first-order valence-corrected chi connectivity index (χ1v) is 44.7. The monoisotopic (exact) mass is 1910 g/mol. The van der Waals surface area contributed by atoms with E-state index < -0.39 is 167 Å². The van der Waals surface area contributed by atoms with Crippen LogP contribution in [0.3, 0.4) is 0 Å². The Hall–Kier alpha value is -8.87. The largest absolute Gasteiger partial charge is 1.00 e. The molecule has 10 N–H and O–H groups in total. The van der Waals surface area contributed by atoms with E-state index in [2.05, 4.69) is 80.9 Å². The van der Waals surface area contributed by atoms with Crippen molar-refractivity contribution in [2.24, 2.45) is 28.6 Å². The SMILES string of the molecule is C=C(F)C(=O)N1C2CCC1(CO)CC2.C=C(F)C(=O)N1C2CCC1(COC(=O)N[C@@H](Cc1ccc(F)cc1)B(O)O)CC2.C=C(F)C(=O)N1C2CCC1(COC(=O)N[C@@H](Cc1ccc(F)cc1)B(O)O)CC2.C=C(F)C(=O)N1C2CCC1(COC(=O)N[C@@H](Cc1ccc(F)cc1)B1O[C@@H]3C[C@@H]4C[C@@H](C4(C)C)[C@]3(C)O1)CC2.C=C(F)C(=O)OC.C=C(F)C(=O)[O-].OCC12CCC(CC1)C2.[Li+].[Li+].[OH-]. The summed E-state index contributed by atoms with van der Waals surface area (Å²) in [4.78, 5) is 111. The normalized spacial score (nSPS) is 28.0. The number of carboxylic acids is 1. The summed E-state index contributed by atoms with van der Waals surface area (Å²) >= 11 is 0. The second-order valence-corrected chi connectivity index (χ2v) is 37.8. The number of carbonyl (C=O) groups excluding carboxylic acids is 9. The number of methoxy groups -OCH3 is 1. The topological polar surface area (TPSA) is 432 Å². The Morgan fingerprint density at radius 1 is 0.478 bits per heavy atom. The molecule has 136 heavy (non-hydrogen) atoms. The van der Waals surface area contributed by atoms with E-state index in [1.54, 1.807) is 12.1 Å². The van der Waals surface area contributed by atoms with E-state index in [4.69, 9.17) is 38.5 Å². The van der Waals surface area contributed by atoms with Crippen LogP contribution < -0.4 is 58.8 Å². The van der Waals surface area contributed by atoms with Crippen molar-refractivity contribution in [2.45, 2.75) is 264 Å². The van der Waals surface area contributed by atoms with E-state index in [9.17, 15) is 103 Å². The molecule has 5 saturated carbocycles.